The second-order valence-electron chi connectivity index (χ2n) is 5.29. The first kappa shape index (κ1) is 13.5. The molecule has 1 atom stereocenters. The number of carbonyl (C=O) groups excluding carboxylic acids is 1. The van der Waals surface area contributed by atoms with Gasteiger partial charge in [0.25, 0.3) is 5.56 Å². The maximum absolute atomic E-state index is 12.0. The summed E-state index contributed by atoms with van der Waals surface area (Å²) in [5.74, 6) is -0.0658. The van der Waals surface area contributed by atoms with Gasteiger partial charge in [0.15, 0.2) is 0 Å². The summed E-state index contributed by atoms with van der Waals surface area (Å²) in [6, 6.07) is 3.45. The van der Waals surface area contributed by atoms with Crippen LogP contribution in [0.5, 0.6) is 0 Å². The second-order valence-corrected chi connectivity index (χ2v) is 5.29. The minimum atomic E-state index is -0.114. The fraction of sp³-hybridized carbons (Fsp3) is 0.429. The molecule has 1 amide bonds. The Balaban J connectivity index is 1.65. The van der Waals surface area contributed by atoms with Crippen LogP contribution in [0.25, 0.3) is 0 Å². The molecule has 0 fully saturated rings. The number of fused-ring (bicyclic) bond motifs is 1. The van der Waals surface area contributed by atoms with Gasteiger partial charge in [-0.3, -0.25) is 14.3 Å². The highest BCUT2D eigenvalue weighted by atomic mass is 16.2. The molecule has 0 aliphatic heterocycles. The fourth-order valence-corrected chi connectivity index (χ4v) is 2.62. The minimum Gasteiger partial charge on any atom is -0.351 e. The van der Waals surface area contributed by atoms with Crippen molar-refractivity contribution in [1.82, 2.24) is 24.9 Å². The molecular weight excluding hydrogens is 270 g/mol. The van der Waals surface area contributed by atoms with Crippen molar-refractivity contribution in [3.05, 3.63) is 46.1 Å². The lowest BCUT2D eigenvalue weighted by atomic mass is 9.92. The van der Waals surface area contributed by atoms with Crippen LogP contribution in [0.4, 0.5) is 0 Å². The number of rotatable bonds is 3. The molecule has 1 aliphatic rings. The van der Waals surface area contributed by atoms with Crippen molar-refractivity contribution in [3.8, 4) is 0 Å². The minimum absolute atomic E-state index is 0.0504. The highest BCUT2D eigenvalue weighted by Gasteiger charge is 2.22. The summed E-state index contributed by atoms with van der Waals surface area (Å²) < 4.78 is 2.94. The molecule has 2 aromatic heterocycles. The van der Waals surface area contributed by atoms with Crippen molar-refractivity contribution < 1.29 is 4.79 Å². The monoisotopic (exact) mass is 287 g/mol. The van der Waals surface area contributed by atoms with Gasteiger partial charge in [0.1, 0.15) is 6.54 Å². The summed E-state index contributed by atoms with van der Waals surface area (Å²) in [6.45, 7) is 0.213. The number of hydrogen-bond acceptors (Lipinski definition) is 4. The molecule has 0 saturated heterocycles. The van der Waals surface area contributed by atoms with Crippen LogP contribution in [-0.2, 0) is 31.2 Å². The van der Waals surface area contributed by atoms with Crippen molar-refractivity contribution in [2.24, 2.45) is 7.05 Å². The van der Waals surface area contributed by atoms with Crippen LogP contribution < -0.4 is 10.9 Å². The first-order valence-electron chi connectivity index (χ1n) is 6.95. The highest BCUT2D eigenvalue weighted by Crippen LogP contribution is 2.17. The number of amides is 1. The Morgan fingerprint density at radius 2 is 2.38 bits per heavy atom. The van der Waals surface area contributed by atoms with Gasteiger partial charge in [-0.15, -0.1) is 0 Å². The van der Waals surface area contributed by atoms with E-state index in [0.717, 1.165) is 24.1 Å². The molecule has 1 unspecified atom stereocenters. The van der Waals surface area contributed by atoms with Crippen LogP contribution in [0.2, 0.25) is 0 Å². The topological polar surface area (TPSA) is 81.8 Å². The zero-order valence-corrected chi connectivity index (χ0v) is 11.8. The van der Waals surface area contributed by atoms with E-state index in [2.05, 4.69) is 15.5 Å². The maximum Gasteiger partial charge on any atom is 0.266 e. The second kappa shape index (κ2) is 5.51. The molecule has 0 aromatic carbocycles. The summed E-state index contributed by atoms with van der Waals surface area (Å²) >= 11 is 0. The first-order chi connectivity index (χ1) is 10.1. The molecule has 0 saturated carbocycles. The smallest absolute Gasteiger partial charge is 0.266 e. The van der Waals surface area contributed by atoms with Gasteiger partial charge >= 0.3 is 0 Å². The molecule has 110 valence electrons. The van der Waals surface area contributed by atoms with E-state index in [1.54, 1.807) is 36.3 Å². The number of aryl methyl sites for hydroxylation is 2. The van der Waals surface area contributed by atoms with E-state index in [9.17, 15) is 9.59 Å². The van der Waals surface area contributed by atoms with Crippen LogP contribution in [0.15, 0.2) is 29.3 Å². The molecule has 2 heterocycles. The molecule has 7 nitrogen and oxygen atoms in total. The Labute approximate surface area is 121 Å². The quantitative estimate of drug-likeness (QED) is 0.836. The summed E-state index contributed by atoms with van der Waals surface area (Å²) in [6.07, 6.45) is 5.66. The van der Waals surface area contributed by atoms with Crippen molar-refractivity contribution in [2.75, 3.05) is 0 Å². The highest BCUT2D eigenvalue weighted by molar-refractivity contribution is 5.76. The number of nitrogens with zero attached hydrogens (tertiary/aromatic N) is 4. The molecule has 1 N–H and O–H groups in total. The first-order valence-corrected chi connectivity index (χ1v) is 6.95. The molecule has 0 radical (unpaired) electrons. The Morgan fingerprint density at radius 1 is 1.52 bits per heavy atom. The number of hydrogen-bond donors (Lipinski definition) is 1. The number of carbonyl (C=O) groups is 1. The average Bonchev–Trinajstić information content (AvgIpc) is 2.93. The molecule has 0 spiro atoms. The molecule has 3 rings (SSSR count). The van der Waals surface area contributed by atoms with Gasteiger partial charge in [-0.1, -0.05) is 0 Å². The third-order valence-electron chi connectivity index (χ3n) is 3.68. The molecular formula is C14H17N5O2. The largest absolute Gasteiger partial charge is 0.351 e. The Morgan fingerprint density at radius 3 is 3.14 bits per heavy atom. The summed E-state index contributed by atoms with van der Waals surface area (Å²) in [7, 11) is 1.65. The zero-order valence-electron chi connectivity index (χ0n) is 11.8. The van der Waals surface area contributed by atoms with E-state index >= 15 is 0 Å². The normalized spacial score (nSPS) is 17.3. The Bertz CT molecular complexity index is 705. The fourth-order valence-electron chi connectivity index (χ4n) is 2.62. The van der Waals surface area contributed by atoms with Crippen LogP contribution in [0.3, 0.4) is 0 Å². The van der Waals surface area contributed by atoms with Gasteiger partial charge in [0.2, 0.25) is 5.91 Å². The van der Waals surface area contributed by atoms with Crippen LogP contribution in [0.1, 0.15) is 17.7 Å². The van der Waals surface area contributed by atoms with Crippen LogP contribution in [0, 0.1) is 0 Å². The lowest BCUT2D eigenvalue weighted by molar-refractivity contribution is -0.122. The Kier molecular flexibility index (Phi) is 3.55. The molecule has 1 aliphatic carbocycles. The maximum atomic E-state index is 12.0. The molecule has 2 aromatic rings. The molecule has 21 heavy (non-hydrogen) atoms. The lowest BCUT2D eigenvalue weighted by Crippen LogP contribution is -2.41. The van der Waals surface area contributed by atoms with E-state index < -0.39 is 0 Å². The van der Waals surface area contributed by atoms with Crippen molar-refractivity contribution in [2.45, 2.75) is 31.8 Å². The van der Waals surface area contributed by atoms with Crippen molar-refractivity contribution in [1.29, 1.82) is 0 Å². The zero-order chi connectivity index (χ0) is 14.8. The standard InChI is InChI=1S/C14H17N5O2/c1-18-14(21)8-10-7-11(3-4-12(10)17-18)16-13(20)9-19-6-2-5-15-19/h2,5-6,8,11H,3-4,7,9H2,1H3,(H,16,20). The lowest BCUT2D eigenvalue weighted by Gasteiger charge is -2.24. The van der Waals surface area contributed by atoms with E-state index in [4.69, 9.17) is 0 Å². The van der Waals surface area contributed by atoms with Gasteiger partial charge in [-0.25, -0.2) is 4.68 Å². The van der Waals surface area contributed by atoms with Crippen LogP contribution in [-0.4, -0.2) is 31.5 Å². The van der Waals surface area contributed by atoms with Crippen molar-refractivity contribution in [3.63, 3.8) is 0 Å². The van der Waals surface area contributed by atoms with Crippen molar-refractivity contribution >= 4 is 5.91 Å². The van der Waals surface area contributed by atoms with Gasteiger partial charge in [0.05, 0.1) is 5.69 Å². The summed E-state index contributed by atoms with van der Waals surface area (Å²) in [5.41, 5.74) is 1.78. The molecule has 7 heteroatoms. The number of nitrogens with one attached hydrogen (secondary N) is 1. The predicted molar refractivity (Wildman–Crippen MR) is 75.7 cm³/mol. The molecule has 0 bridgehead atoms. The van der Waals surface area contributed by atoms with E-state index in [-0.39, 0.29) is 24.1 Å². The van der Waals surface area contributed by atoms with Gasteiger partial charge in [-0.2, -0.15) is 10.2 Å². The Hall–Kier alpha value is -2.44. The van der Waals surface area contributed by atoms with E-state index in [1.807, 2.05) is 0 Å². The summed E-state index contributed by atoms with van der Waals surface area (Å²) in [4.78, 5) is 23.6. The summed E-state index contributed by atoms with van der Waals surface area (Å²) in [5, 5.41) is 11.3. The third kappa shape index (κ3) is 3.01. The van der Waals surface area contributed by atoms with Gasteiger partial charge < -0.3 is 5.32 Å². The average molecular weight is 287 g/mol. The third-order valence-corrected chi connectivity index (χ3v) is 3.68. The van der Waals surface area contributed by atoms with E-state index in [0.29, 0.717) is 6.42 Å². The predicted octanol–water partition coefficient (Wildman–Crippen LogP) is -0.349. The SMILES string of the molecule is Cn1nc2c(cc1=O)CC(NC(=O)Cn1cccn1)CC2. The van der Waals surface area contributed by atoms with Gasteiger partial charge in [0, 0.05) is 31.5 Å². The van der Waals surface area contributed by atoms with Gasteiger partial charge in [-0.05, 0) is 30.9 Å². The van der Waals surface area contributed by atoms with E-state index in [1.165, 1.54) is 4.68 Å². The number of aromatic nitrogens is 4. The van der Waals surface area contributed by atoms with Crippen LogP contribution >= 0.6 is 0 Å².